The van der Waals surface area contributed by atoms with E-state index in [0.717, 1.165) is 12.8 Å². The van der Waals surface area contributed by atoms with E-state index in [-0.39, 0.29) is 24.5 Å². The molecule has 1 aliphatic rings. The van der Waals surface area contributed by atoms with Gasteiger partial charge >= 0.3 is 0 Å². The predicted octanol–water partition coefficient (Wildman–Crippen LogP) is -0.211. The lowest BCUT2D eigenvalue weighted by Gasteiger charge is -2.13. The van der Waals surface area contributed by atoms with E-state index in [9.17, 15) is 4.79 Å². The predicted molar refractivity (Wildman–Crippen MR) is 58.4 cm³/mol. The lowest BCUT2D eigenvalue weighted by Crippen LogP contribution is -2.14. The SMILES string of the molecule is O=c1[nH]cnc2c1ncn2C1CC[C@H](CO)O1. The van der Waals surface area contributed by atoms with Crippen LogP contribution in [0.1, 0.15) is 19.1 Å². The van der Waals surface area contributed by atoms with Gasteiger partial charge in [-0.25, -0.2) is 9.97 Å². The van der Waals surface area contributed by atoms with Crippen LogP contribution in [0, 0.1) is 0 Å². The van der Waals surface area contributed by atoms with Crippen molar-refractivity contribution < 1.29 is 9.84 Å². The van der Waals surface area contributed by atoms with Gasteiger partial charge < -0.3 is 14.8 Å². The molecule has 0 aliphatic carbocycles. The van der Waals surface area contributed by atoms with Gasteiger partial charge in [0.1, 0.15) is 6.23 Å². The molecular formula is C10H12N4O3. The van der Waals surface area contributed by atoms with Gasteiger partial charge in [0.05, 0.1) is 25.4 Å². The fourth-order valence-corrected chi connectivity index (χ4v) is 2.10. The standard InChI is InChI=1S/C10H12N4O3/c15-3-6-1-2-7(17-6)14-5-13-8-9(14)11-4-12-10(8)16/h4-7,15H,1-3H2,(H,11,12,16)/t6-,7?/m1/s1. The van der Waals surface area contributed by atoms with Gasteiger partial charge in [-0.1, -0.05) is 0 Å². The number of aromatic amines is 1. The van der Waals surface area contributed by atoms with Crippen molar-refractivity contribution in [3.63, 3.8) is 0 Å². The highest BCUT2D eigenvalue weighted by atomic mass is 16.5. The topological polar surface area (TPSA) is 93.0 Å². The number of fused-ring (bicyclic) bond motifs is 1. The first kappa shape index (κ1) is 10.4. The number of hydrogen-bond donors (Lipinski definition) is 2. The van der Waals surface area contributed by atoms with Crippen LogP contribution in [-0.4, -0.2) is 37.3 Å². The highest BCUT2D eigenvalue weighted by molar-refractivity contribution is 5.68. The first-order valence-corrected chi connectivity index (χ1v) is 5.46. The van der Waals surface area contributed by atoms with E-state index < -0.39 is 0 Å². The van der Waals surface area contributed by atoms with Crippen molar-refractivity contribution in [3.05, 3.63) is 23.0 Å². The average Bonchev–Trinajstić information content (AvgIpc) is 2.94. The van der Waals surface area contributed by atoms with Gasteiger partial charge in [-0.2, -0.15) is 0 Å². The molecule has 1 unspecified atom stereocenters. The summed E-state index contributed by atoms with van der Waals surface area (Å²) in [5, 5.41) is 9.02. The number of hydrogen-bond acceptors (Lipinski definition) is 5. The maximum atomic E-state index is 11.5. The molecule has 17 heavy (non-hydrogen) atoms. The van der Waals surface area contributed by atoms with E-state index in [2.05, 4.69) is 15.0 Å². The molecule has 7 heteroatoms. The summed E-state index contributed by atoms with van der Waals surface area (Å²) >= 11 is 0. The fraction of sp³-hybridized carbons (Fsp3) is 0.500. The first-order valence-electron chi connectivity index (χ1n) is 5.46. The molecule has 0 spiro atoms. The van der Waals surface area contributed by atoms with Crippen LogP contribution < -0.4 is 5.56 Å². The Balaban J connectivity index is 2.02. The maximum absolute atomic E-state index is 11.5. The Morgan fingerprint density at radius 1 is 1.53 bits per heavy atom. The van der Waals surface area contributed by atoms with E-state index in [0.29, 0.717) is 11.2 Å². The molecule has 2 aromatic heterocycles. The first-order chi connectivity index (χ1) is 8.29. The van der Waals surface area contributed by atoms with Gasteiger partial charge in [-0.05, 0) is 12.8 Å². The van der Waals surface area contributed by atoms with E-state index >= 15 is 0 Å². The summed E-state index contributed by atoms with van der Waals surface area (Å²) in [4.78, 5) is 22.1. The fourth-order valence-electron chi connectivity index (χ4n) is 2.10. The maximum Gasteiger partial charge on any atom is 0.278 e. The van der Waals surface area contributed by atoms with E-state index in [1.54, 1.807) is 10.9 Å². The summed E-state index contributed by atoms with van der Waals surface area (Å²) in [6.07, 6.45) is 4.14. The summed E-state index contributed by atoms with van der Waals surface area (Å²) < 4.78 is 7.36. The molecule has 0 bridgehead atoms. The second kappa shape index (κ2) is 3.94. The number of nitrogens with zero attached hydrogens (tertiary/aromatic N) is 3. The van der Waals surface area contributed by atoms with Gasteiger partial charge in [0, 0.05) is 0 Å². The average molecular weight is 236 g/mol. The van der Waals surface area contributed by atoms with E-state index in [1.165, 1.54) is 6.33 Å². The van der Waals surface area contributed by atoms with Crippen molar-refractivity contribution >= 4 is 11.2 Å². The van der Waals surface area contributed by atoms with Crippen LogP contribution in [0.4, 0.5) is 0 Å². The largest absolute Gasteiger partial charge is 0.394 e. The number of aromatic nitrogens is 4. The van der Waals surface area contributed by atoms with Crippen LogP contribution >= 0.6 is 0 Å². The molecule has 3 rings (SSSR count). The van der Waals surface area contributed by atoms with Crippen LogP contribution in [0.15, 0.2) is 17.4 Å². The smallest absolute Gasteiger partial charge is 0.278 e. The Bertz CT molecular complexity index is 590. The molecular weight excluding hydrogens is 224 g/mol. The Kier molecular flexibility index (Phi) is 2.41. The molecule has 7 nitrogen and oxygen atoms in total. The van der Waals surface area contributed by atoms with Gasteiger partial charge in [-0.15, -0.1) is 0 Å². The van der Waals surface area contributed by atoms with Crippen molar-refractivity contribution in [2.45, 2.75) is 25.2 Å². The molecule has 0 amide bonds. The van der Waals surface area contributed by atoms with Crippen LogP contribution in [-0.2, 0) is 4.74 Å². The highest BCUT2D eigenvalue weighted by Gasteiger charge is 2.27. The summed E-state index contributed by atoms with van der Waals surface area (Å²) in [5.74, 6) is 0. The lowest BCUT2D eigenvalue weighted by atomic mass is 10.2. The summed E-state index contributed by atoms with van der Waals surface area (Å²) in [6.45, 7) is 0.0111. The molecule has 3 heterocycles. The number of rotatable bonds is 2. The molecule has 1 aliphatic heterocycles. The van der Waals surface area contributed by atoms with Crippen molar-refractivity contribution in [1.82, 2.24) is 19.5 Å². The van der Waals surface area contributed by atoms with Crippen molar-refractivity contribution in [1.29, 1.82) is 0 Å². The van der Waals surface area contributed by atoms with E-state index in [1.807, 2.05) is 0 Å². The van der Waals surface area contributed by atoms with Crippen LogP contribution in [0.25, 0.3) is 11.2 Å². The molecule has 0 aromatic carbocycles. The number of nitrogens with one attached hydrogen (secondary N) is 1. The van der Waals surface area contributed by atoms with Crippen LogP contribution in [0.3, 0.4) is 0 Å². The molecule has 90 valence electrons. The van der Waals surface area contributed by atoms with Crippen molar-refractivity contribution in [2.75, 3.05) is 6.61 Å². The Labute approximate surface area is 96.1 Å². The van der Waals surface area contributed by atoms with Gasteiger partial charge in [0.15, 0.2) is 11.2 Å². The third kappa shape index (κ3) is 1.63. The quantitative estimate of drug-likeness (QED) is 0.752. The number of H-pyrrole nitrogens is 1. The molecule has 0 radical (unpaired) electrons. The Morgan fingerprint density at radius 3 is 3.18 bits per heavy atom. The van der Waals surface area contributed by atoms with Gasteiger partial charge in [0.2, 0.25) is 0 Å². The second-order valence-electron chi connectivity index (χ2n) is 4.03. The van der Waals surface area contributed by atoms with Crippen molar-refractivity contribution in [3.8, 4) is 0 Å². The third-order valence-electron chi connectivity index (χ3n) is 2.96. The number of imidazole rings is 1. The minimum atomic E-state index is -0.259. The third-order valence-corrected chi connectivity index (χ3v) is 2.96. The second-order valence-corrected chi connectivity index (χ2v) is 4.03. The number of aliphatic hydroxyl groups excluding tert-OH is 1. The lowest BCUT2D eigenvalue weighted by molar-refractivity contribution is -0.0207. The number of ether oxygens (including phenoxy) is 1. The molecule has 1 fully saturated rings. The molecule has 2 atom stereocenters. The zero-order chi connectivity index (χ0) is 11.8. The zero-order valence-corrected chi connectivity index (χ0v) is 9.04. The summed E-state index contributed by atoms with van der Waals surface area (Å²) in [5.41, 5.74) is 0.561. The van der Waals surface area contributed by atoms with Gasteiger partial charge in [-0.3, -0.25) is 9.36 Å². The normalized spacial score (nSPS) is 24.5. The van der Waals surface area contributed by atoms with E-state index in [4.69, 9.17) is 9.84 Å². The minimum Gasteiger partial charge on any atom is -0.394 e. The van der Waals surface area contributed by atoms with Crippen LogP contribution in [0.5, 0.6) is 0 Å². The Morgan fingerprint density at radius 2 is 2.41 bits per heavy atom. The Hall–Kier alpha value is -1.73. The van der Waals surface area contributed by atoms with Gasteiger partial charge in [0.25, 0.3) is 5.56 Å². The molecule has 2 N–H and O–H groups in total. The summed E-state index contributed by atoms with van der Waals surface area (Å²) in [7, 11) is 0. The monoisotopic (exact) mass is 236 g/mol. The highest BCUT2D eigenvalue weighted by Crippen LogP contribution is 2.29. The molecule has 1 saturated heterocycles. The summed E-state index contributed by atoms with van der Waals surface area (Å²) in [6, 6.07) is 0. The molecule has 2 aromatic rings. The van der Waals surface area contributed by atoms with Crippen molar-refractivity contribution in [2.24, 2.45) is 0 Å². The molecule has 0 saturated carbocycles. The number of aliphatic hydroxyl groups is 1. The van der Waals surface area contributed by atoms with Crippen LogP contribution in [0.2, 0.25) is 0 Å². The zero-order valence-electron chi connectivity index (χ0n) is 9.04. The minimum absolute atomic E-state index is 0.0111.